The van der Waals surface area contributed by atoms with Crippen molar-refractivity contribution in [2.45, 2.75) is 38.6 Å². The number of carbonyl (C=O) groups is 1. The number of rotatable bonds is 2. The molecule has 1 aromatic rings. The van der Waals surface area contributed by atoms with Crippen molar-refractivity contribution in [2.24, 2.45) is 5.92 Å². The predicted molar refractivity (Wildman–Crippen MR) is 70.8 cm³/mol. The molecule has 0 aromatic carbocycles. The number of nitrogens with zero attached hydrogens (tertiary/aromatic N) is 1. The first-order chi connectivity index (χ1) is 8.16. The Morgan fingerprint density at radius 2 is 2.24 bits per heavy atom. The number of hydrogen-bond acceptors (Lipinski definition) is 2. The first-order valence-electron chi connectivity index (χ1n) is 6.09. The minimum atomic E-state index is 0.00634. The zero-order valence-electron chi connectivity index (χ0n) is 9.95. The third kappa shape index (κ3) is 3.28. The van der Waals surface area contributed by atoms with Gasteiger partial charge in [0.15, 0.2) is 0 Å². The maximum atomic E-state index is 12.1. The van der Waals surface area contributed by atoms with E-state index < -0.39 is 0 Å². The number of halogens is 1. The fourth-order valence-electron chi connectivity index (χ4n) is 2.33. The average molecular weight is 297 g/mol. The first kappa shape index (κ1) is 12.6. The van der Waals surface area contributed by atoms with Crippen molar-refractivity contribution in [1.82, 2.24) is 10.3 Å². The Labute approximate surface area is 110 Å². The predicted octanol–water partition coefficient (Wildman–Crippen LogP) is 3.15. The first-order valence-corrected chi connectivity index (χ1v) is 6.88. The number of pyridine rings is 1. The summed E-state index contributed by atoms with van der Waals surface area (Å²) in [6.07, 6.45) is 6.46. The van der Waals surface area contributed by atoms with Crippen LogP contribution in [0.25, 0.3) is 0 Å². The van der Waals surface area contributed by atoms with Crippen LogP contribution < -0.4 is 5.32 Å². The lowest BCUT2D eigenvalue weighted by molar-refractivity contribution is 0.0910. The van der Waals surface area contributed by atoms with Crippen LogP contribution >= 0.6 is 15.9 Å². The Balaban J connectivity index is 2.01. The minimum Gasteiger partial charge on any atom is -0.349 e. The Bertz CT molecular complexity index is 408. The molecule has 0 saturated heterocycles. The fraction of sp³-hybridized carbons (Fsp3) is 0.538. The standard InChI is InChI=1S/C13H17BrN2O/c1-9-4-2-3-5-11(9)16-13(17)10-6-7-15-12(14)8-10/h6-9,11H,2-5H2,1H3,(H,16,17). The second-order valence-electron chi connectivity index (χ2n) is 4.71. The molecular formula is C13H17BrN2O. The molecule has 92 valence electrons. The SMILES string of the molecule is CC1CCCCC1NC(=O)c1ccnc(Br)c1. The van der Waals surface area contributed by atoms with E-state index in [1.54, 1.807) is 18.3 Å². The highest BCUT2D eigenvalue weighted by Crippen LogP contribution is 2.24. The lowest BCUT2D eigenvalue weighted by Crippen LogP contribution is -2.41. The number of aromatic nitrogens is 1. The van der Waals surface area contributed by atoms with E-state index in [4.69, 9.17) is 0 Å². The summed E-state index contributed by atoms with van der Waals surface area (Å²) >= 11 is 3.28. The smallest absolute Gasteiger partial charge is 0.251 e. The number of nitrogens with one attached hydrogen (secondary N) is 1. The average Bonchev–Trinajstić information content (AvgIpc) is 2.32. The second-order valence-corrected chi connectivity index (χ2v) is 5.52. The van der Waals surface area contributed by atoms with Gasteiger partial charge in [-0.3, -0.25) is 4.79 Å². The van der Waals surface area contributed by atoms with Crippen LogP contribution in [-0.2, 0) is 0 Å². The number of amides is 1. The molecular weight excluding hydrogens is 280 g/mol. The van der Waals surface area contributed by atoms with Gasteiger partial charge in [-0.2, -0.15) is 0 Å². The number of carbonyl (C=O) groups excluding carboxylic acids is 1. The molecule has 1 saturated carbocycles. The molecule has 1 amide bonds. The highest BCUT2D eigenvalue weighted by atomic mass is 79.9. The molecule has 1 aliphatic rings. The van der Waals surface area contributed by atoms with E-state index in [1.807, 2.05) is 0 Å². The Kier molecular flexibility index (Phi) is 4.15. The second kappa shape index (κ2) is 5.63. The third-order valence-electron chi connectivity index (χ3n) is 3.42. The van der Waals surface area contributed by atoms with E-state index in [1.165, 1.54) is 19.3 Å². The van der Waals surface area contributed by atoms with Gasteiger partial charge in [0, 0.05) is 17.8 Å². The highest BCUT2D eigenvalue weighted by molar-refractivity contribution is 9.10. The molecule has 2 unspecified atom stereocenters. The van der Waals surface area contributed by atoms with Crippen LogP contribution in [0.3, 0.4) is 0 Å². The van der Waals surface area contributed by atoms with Crippen LogP contribution in [0, 0.1) is 5.92 Å². The molecule has 1 heterocycles. The normalized spacial score (nSPS) is 24.4. The van der Waals surface area contributed by atoms with Crippen molar-refractivity contribution >= 4 is 21.8 Å². The molecule has 0 spiro atoms. The van der Waals surface area contributed by atoms with E-state index >= 15 is 0 Å². The molecule has 1 aliphatic carbocycles. The van der Waals surface area contributed by atoms with Gasteiger partial charge in [-0.05, 0) is 46.8 Å². The summed E-state index contributed by atoms with van der Waals surface area (Å²) in [7, 11) is 0. The van der Waals surface area contributed by atoms with Crippen molar-refractivity contribution in [1.29, 1.82) is 0 Å². The molecule has 17 heavy (non-hydrogen) atoms. The maximum absolute atomic E-state index is 12.1. The van der Waals surface area contributed by atoms with Gasteiger partial charge in [-0.25, -0.2) is 4.98 Å². The van der Waals surface area contributed by atoms with Gasteiger partial charge >= 0.3 is 0 Å². The van der Waals surface area contributed by atoms with Gasteiger partial charge in [-0.15, -0.1) is 0 Å². The zero-order chi connectivity index (χ0) is 12.3. The van der Waals surface area contributed by atoms with Crippen molar-refractivity contribution < 1.29 is 4.79 Å². The zero-order valence-corrected chi connectivity index (χ0v) is 11.5. The summed E-state index contributed by atoms with van der Waals surface area (Å²) in [5.74, 6) is 0.588. The van der Waals surface area contributed by atoms with Crippen LogP contribution in [0.15, 0.2) is 22.9 Å². The summed E-state index contributed by atoms with van der Waals surface area (Å²) in [6, 6.07) is 3.82. The largest absolute Gasteiger partial charge is 0.349 e. The van der Waals surface area contributed by atoms with Gasteiger partial charge in [0.25, 0.3) is 5.91 Å². The topological polar surface area (TPSA) is 42.0 Å². The summed E-state index contributed by atoms with van der Waals surface area (Å²) in [5.41, 5.74) is 0.671. The lowest BCUT2D eigenvalue weighted by Gasteiger charge is -2.29. The Morgan fingerprint density at radius 3 is 2.94 bits per heavy atom. The van der Waals surface area contributed by atoms with Crippen LogP contribution in [0.2, 0.25) is 0 Å². The maximum Gasteiger partial charge on any atom is 0.251 e. The van der Waals surface area contributed by atoms with Gasteiger partial charge in [0.05, 0.1) is 0 Å². The molecule has 0 aliphatic heterocycles. The van der Waals surface area contributed by atoms with Gasteiger partial charge in [0.2, 0.25) is 0 Å². The molecule has 4 heteroatoms. The van der Waals surface area contributed by atoms with Crippen molar-refractivity contribution in [3.05, 3.63) is 28.5 Å². The molecule has 2 atom stereocenters. The van der Waals surface area contributed by atoms with Crippen molar-refractivity contribution in [2.75, 3.05) is 0 Å². The van der Waals surface area contributed by atoms with E-state index in [0.717, 1.165) is 6.42 Å². The van der Waals surface area contributed by atoms with E-state index in [-0.39, 0.29) is 5.91 Å². The quantitative estimate of drug-likeness (QED) is 0.852. The fourth-order valence-corrected chi connectivity index (χ4v) is 2.69. The summed E-state index contributed by atoms with van der Waals surface area (Å²) in [5, 5.41) is 3.12. The molecule has 1 aromatic heterocycles. The molecule has 2 rings (SSSR count). The Hall–Kier alpha value is -0.900. The van der Waals surface area contributed by atoms with Crippen molar-refractivity contribution in [3.8, 4) is 0 Å². The molecule has 1 fully saturated rings. The van der Waals surface area contributed by atoms with Crippen LogP contribution in [0.4, 0.5) is 0 Å². The molecule has 3 nitrogen and oxygen atoms in total. The van der Waals surface area contributed by atoms with E-state index in [2.05, 4.69) is 33.2 Å². The van der Waals surface area contributed by atoms with E-state index in [0.29, 0.717) is 22.1 Å². The summed E-state index contributed by atoms with van der Waals surface area (Å²) < 4.78 is 0.696. The monoisotopic (exact) mass is 296 g/mol. The van der Waals surface area contributed by atoms with Crippen molar-refractivity contribution in [3.63, 3.8) is 0 Å². The van der Waals surface area contributed by atoms with Gasteiger partial charge in [0.1, 0.15) is 4.60 Å². The van der Waals surface area contributed by atoms with Crippen LogP contribution in [0.5, 0.6) is 0 Å². The molecule has 1 N–H and O–H groups in total. The van der Waals surface area contributed by atoms with Crippen LogP contribution in [-0.4, -0.2) is 16.9 Å². The number of hydrogen-bond donors (Lipinski definition) is 1. The van der Waals surface area contributed by atoms with Gasteiger partial charge < -0.3 is 5.32 Å². The minimum absolute atomic E-state index is 0.00634. The Morgan fingerprint density at radius 1 is 1.47 bits per heavy atom. The van der Waals surface area contributed by atoms with Crippen LogP contribution in [0.1, 0.15) is 43.0 Å². The summed E-state index contributed by atoms with van der Waals surface area (Å²) in [4.78, 5) is 16.1. The van der Waals surface area contributed by atoms with Gasteiger partial charge in [-0.1, -0.05) is 19.8 Å². The highest BCUT2D eigenvalue weighted by Gasteiger charge is 2.23. The molecule has 0 bridgehead atoms. The lowest BCUT2D eigenvalue weighted by atomic mass is 9.86. The summed E-state index contributed by atoms with van der Waals surface area (Å²) in [6.45, 7) is 2.21. The molecule has 0 radical (unpaired) electrons. The third-order valence-corrected chi connectivity index (χ3v) is 3.85. The van der Waals surface area contributed by atoms with E-state index in [9.17, 15) is 4.79 Å².